The van der Waals surface area contributed by atoms with Crippen molar-refractivity contribution in [3.63, 3.8) is 0 Å². The van der Waals surface area contributed by atoms with Crippen molar-refractivity contribution in [2.45, 2.75) is 19.1 Å². The van der Waals surface area contributed by atoms with Crippen LogP contribution in [0.3, 0.4) is 0 Å². The molecule has 1 atom stereocenters. The highest BCUT2D eigenvalue weighted by atomic mass is 19.1. The van der Waals surface area contributed by atoms with Crippen molar-refractivity contribution < 1.29 is 23.5 Å². The van der Waals surface area contributed by atoms with E-state index in [4.69, 9.17) is 15.2 Å². The van der Waals surface area contributed by atoms with Gasteiger partial charge in [-0.2, -0.15) is 0 Å². The van der Waals surface area contributed by atoms with Gasteiger partial charge in [0.2, 0.25) is 5.91 Å². The summed E-state index contributed by atoms with van der Waals surface area (Å²) in [6, 6.07) is 11.9. The van der Waals surface area contributed by atoms with E-state index in [1.54, 1.807) is 0 Å². The van der Waals surface area contributed by atoms with Gasteiger partial charge in [0, 0.05) is 6.07 Å². The molecular formula is C18H19FN2O4. The number of esters is 1. The first-order valence-electron chi connectivity index (χ1n) is 7.59. The molecule has 0 spiro atoms. The molecule has 2 rings (SSSR count). The lowest BCUT2D eigenvalue weighted by Crippen LogP contribution is -2.38. The quantitative estimate of drug-likeness (QED) is 0.750. The number of amides is 1. The second kappa shape index (κ2) is 8.79. The number of hydrogen-bond acceptors (Lipinski definition) is 5. The number of benzene rings is 2. The first kappa shape index (κ1) is 18.4. The number of methoxy groups -OCH3 is 1. The highest BCUT2D eigenvalue weighted by Crippen LogP contribution is 2.21. The maximum absolute atomic E-state index is 13.7. The summed E-state index contributed by atoms with van der Waals surface area (Å²) in [4.78, 5) is 23.8. The van der Waals surface area contributed by atoms with Crippen LogP contribution in [0, 0.1) is 5.82 Å². The normalized spacial score (nSPS) is 11.5. The molecule has 3 N–H and O–H groups in total. The number of ether oxygens (including phenoxy) is 2. The molecular weight excluding hydrogens is 327 g/mol. The van der Waals surface area contributed by atoms with Crippen LogP contribution in [0.1, 0.15) is 12.0 Å². The summed E-state index contributed by atoms with van der Waals surface area (Å²) >= 11 is 0. The zero-order valence-corrected chi connectivity index (χ0v) is 13.7. The van der Waals surface area contributed by atoms with Crippen LogP contribution in [0.15, 0.2) is 48.5 Å². The van der Waals surface area contributed by atoms with Gasteiger partial charge in [-0.1, -0.05) is 30.3 Å². The van der Waals surface area contributed by atoms with Crippen LogP contribution >= 0.6 is 0 Å². The zero-order chi connectivity index (χ0) is 18.2. The molecule has 0 saturated carbocycles. The molecule has 0 bridgehead atoms. The second-order valence-electron chi connectivity index (χ2n) is 5.29. The number of anilines is 1. The highest BCUT2D eigenvalue weighted by Gasteiger charge is 2.20. The number of carbonyl (C=O) groups is 2. The summed E-state index contributed by atoms with van der Waals surface area (Å²) in [7, 11) is 1.42. The predicted octanol–water partition coefficient (Wildman–Crippen LogP) is 2.23. The summed E-state index contributed by atoms with van der Waals surface area (Å²) in [5, 5.41) is 2.34. The Kier molecular flexibility index (Phi) is 6.47. The summed E-state index contributed by atoms with van der Waals surface area (Å²) in [5.74, 6) is -1.55. The molecule has 0 saturated heterocycles. The average molecular weight is 346 g/mol. The summed E-state index contributed by atoms with van der Waals surface area (Å²) in [5.41, 5.74) is 6.44. The Morgan fingerprint density at radius 2 is 1.92 bits per heavy atom. The molecule has 0 radical (unpaired) electrons. The minimum atomic E-state index is -1.16. The summed E-state index contributed by atoms with van der Waals surface area (Å²) in [6.07, 6.45) is -0.315. The molecule has 25 heavy (non-hydrogen) atoms. The van der Waals surface area contributed by atoms with E-state index in [0.717, 1.165) is 11.6 Å². The van der Waals surface area contributed by atoms with E-state index in [2.05, 4.69) is 5.32 Å². The predicted molar refractivity (Wildman–Crippen MR) is 90.4 cm³/mol. The van der Waals surface area contributed by atoms with Crippen molar-refractivity contribution in [2.24, 2.45) is 5.73 Å². The topological polar surface area (TPSA) is 90.6 Å². The van der Waals surface area contributed by atoms with Crippen molar-refractivity contribution in [1.82, 2.24) is 0 Å². The Morgan fingerprint density at radius 3 is 2.60 bits per heavy atom. The number of rotatable bonds is 7. The molecule has 132 valence electrons. The average Bonchev–Trinajstić information content (AvgIpc) is 2.62. The Labute approximate surface area is 144 Å². The van der Waals surface area contributed by atoms with Crippen molar-refractivity contribution in [3.8, 4) is 5.75 Å². The van der Waals surface area contributed by atoms with Crippen LogP contribution in [-0.2, 0) is 20.9 Å². The number of hydrogen-bond donors (Lipinski definition) is 2. The van der Waals surface area contributed by atoms with E-state index in [1.807, 2.05) is 30.3 Å². The van der Waals surface area contributed by atoms with Gasteiger partial charge in [0.25, 0.3) is 0 Å². The minimum absolute atomic E-state index is 0.0718. The van der Waals surface area contributed by atoms with E-state index in [9.17, 15) is 14.0 Å². The highest BCUT2D eigenvalue weighted by molar-refractivity contribution is 5.97. The lowest BCUT2D eigenvalue weighted by atomic mass is 10.2. The van der Waals surface area contributed by atoms with Crippen molar-refractivity contribution in [3.05, 3.63) is 59.9 Å². The van der Waals surface area contributed by atoms with Crippen LogP contribution < -0.4 is 15.8 Å². The molecule has 0 fully saturated rings. The summed E-state index contributed by atoms with van der Waals surface area (Å²) < 4.78 is 23.7. The standard InChI is InChI=1S/C18H19FN2O4/c1-24-13-7-8-14(19)16(9-13)21-18(23)15(20)10-17(22)25-11-12-5-3-2-4-6-12/h2-9,15H,10-11,20H2,1H3,(H,21,23)/t15-/m0/s1. The van der Waals surface area contributed by atoms with Gasteiger partial charge < -0.3 is 20.5 Å². The molecule has 7 heteroatoms. The van der Waals surface area contributed by atoms with E-state index < -0.39 is 23.7 Å². The Balaban J connectivity index is 1.86. The first-order chi connectivity index (χ1) is 12.0. The van der Waals surface area contributed by atoms with Crippen LogP contribution in [0.5, 0.6) is 5.75 Å². The van der Waals surface area contributed by atoms with E-state index in [1.165, 1.54) is 19.2 Å². The molecule has 0 aliphatic rings. The monoisotopic (exact) mass is 346 g/mol. The summed E-state index contributed by atoms with van der Waals surface area (Å²) in [6.45, 7) is 0.0958. The van der Waals surface area contributed by atoms with E-state index in [0.29, 0.717) is 5.75 Å². The number of nitrogens with one attached hydrogen (secondary N) is 1. The SMILES string of the molecule is COc1ccc(F)c(NC(=O)[C@@H](N)CC(=O)OCc2ccccc2)c1. The molecule has 0 aliphatic heterocycles. The zero-order valence-electron chi connectivity index (χ0n) is 13.7. The lowest BCUT2D eigenvalue weighted by molar-refractivity contribution is -0.146. The molecule has 2 aromatic rings. The first-order valence-corrected chi connectivity index (χ1v) is 7.59. The number of halogens is 1. The van der Waals surface area contributed by atoms with Gasteiger partial charge in [0.1, 0.15) is 18.2 Å². The van der Waals surface area contributed by atoms with Crippen LogP contribution in [0.4, 0.5) is 10.1 Å². The molecule has 0 aromatic heterocycles. The van der Waals surface area contributed by atoms with Crippen LogP contribution in [0.25, 0.3) is 0 Å². The van der Waals surface area contributed by atoms with Gasteiger partial charge in [0.05, 0.1) is 25.3 Å². The van der Waals surface area contributed by atoms with Gasteiger partial charge in [-0.25, -0.2) is 4.39 Å². The lowest BCUT2D eigenvalue weighted by Gasteiger charge is -2.13. The van der Waals surface area contributed by atoms with E-state index >= 15 is 0 Å². The number of nitrogens with two attached hydrogens (primary N) is 1. The molecule has 0 unspecified atom stereocenters. The molecule has 6 nitrogen and oxygen atoms in total. The largest absolute Gasteiger partial charge is 0.497 e. The van der Waals surface area contributed by atoms with Gasteiger partial charge in [-0.3, -0.25) is 9.59 Å². The maximum Gasteiger partial charge on any atom is 0.308 e. The fourth-order valence-corrected chi connectivity index (χ4v) is 2.02. The maximum atomic E-state index is 13.7. The van der Waals surface area contributed by atoms with Crippen molar-refractivity contribution >= 4 is 17.6 Å². The third-order valence-corrected chi connectivity index (χ3v) is 3.40. The van der Waals surface area contributed by atoms with Crippen LogP contribution in [-0.4, -0.2) is 25.0 Å². The molecule has 1 amide bonds. The van der Waals surface area contributed by atoms with Gasteiger partial charge >= 0.3 is 5.97 Å². The Hall–Kier alpha value is -2.93. The van der Waals surface area contributed by atoms with Crippen LogP contribution in [0.2, 0.25) is 0 Å². The second-order valence-corrected chi connectivity index (χ2v) is 5.29. The fraction of sp³-hybridized carbons (Fsp3) is 0.222. The van der Waals surface area contributed by atoms with Gasteiger partial charge in [-0.15, -0.1) is 0 Å². The molecule has 0 aliphatic carbocycles. The Bertz CT molecular complexity index is 737. The Morgan fingerprint density at radius 1 is 1.20 bits per heavy atom. The fourth-order valence-electron chi connectivity index (χ4n) is 2.02. The molecule has 0 heterocycles. The van der Waals surface area contributed by atoms with Crippen molar-refractivity contribution in [1.29, 1.82) is 0 Å². The number of carbonyl (C=O) groups excluding carboxylic acids is 2. The van der Waals surface area contributed by atoms with E-state index in [-0.39, 0.29) is 18.7 Å². The minimum Gasteiger partial charge on any atom is -0.497 e. The smallest absolute Gasteiger partial charge is 0.308 e. The third kappa shape index (κ3) is 5.58. The third-order valence-electron chi connectivity index (χ3n) is 3.40. The van der Waals surface area contributed by atoms with Crippen molar-refractivity contribution in [2.75, 3.05) is 12.4 Å². The van der Waals surface area contributed by atoms with Gasteiger partial charge in [-0.05, 0) is 17.7 Å². The van der Waals surface area contributed by atoms with Gasteiger partial charge in [0.15, 0.2) is 0 Å². The molecule has 2 aromatic carbocycles.